The van der Waals surface area contributed by atoms with Crippen LogP contribution in [0.25, 0.3) is 0 Å². The third-order valence-electron chi connectivity index (χ3n) is 1.67. The standard InChI is InChI=1S/C9H15N.ClH/c1-3-4-6-10-7-5-9(2)8-10;/h5,7-8H,3-4,6H2,1-2H3;1H. The fraction of sp³-hybridized carbons (Fsp3) is 0.556. The highest BCUT2D eigenvalue weighted by Gasteiger charge is 1.89. The topological polar surface area (TPSA) is 4.93 Å². The summed E-state index contributed by atoms with van der Waals surface area (Å²) in [4.78, 5) is 0. The zero-order chi connectivity index (χ0) is 7.40. The van der Waals surface area contributed by atoms with Crippen LogP contribution in [-0.4, -0.2) is 4.57 Å². The lowest BCUT2D eigenvalue weighted by molar-refractivity contribution is 0.634. The van der Waals surface area contributed by atoms with E-state index in [1.807, 2.05) is 0 Å². The summed E-state index contributed by atoms with van der Waals surface area (Å²) in [6, 6.07) is 2.15. The Bertz CT molecular complexity index is 193. The summed E-state index contributed by atoms with van der Waals surface area (Å²) in [5, 5.41) is 0. The number of aryl methyl sites for hydroxylation is 2. The number of hydrogen-bond acceptors (Lipinski definition) is 0. The Morgan fingerprint density at radius 2 is 2.18 bits per heavy atom. The summed E-state index contributed by atoms with van der Waals surface area (Å²) in [5.74, 6) is 0. The van der Waals surface area contributed by atoms with Crippen LogP contribution >= 0.6 is 12.4 Å². The average molecular weight is 174 g/mol. The Balaban J connectivity index is 0.000001000. The molecule has 0 aliphatic heterocycles. The molecule has 0 N–H and O–H groups in total. The zero-order valence-corrected chi connectivity index (χ0v) is 8.03. The normalized spacial score (nSPS) is 9.27. The van der Waals surface area contributed by atoms with E-state index in [9.17, 15) is 0 Å². The summed E-state index contributed by atoms with van der Waals surface area (Å²) in [5.41, 5.74) is 1.36. The van der Waals surface area contributed by atoms with Crippen molar-refractivity contribution in [1.29, 1.82) is 0 Å². The molecule has 0 unspecified atom stereocenters. The van der Waals surface area contributed by atoms with Crippen LogP contribution in [0, 0.1) is 6.92 Å². The van der Waals surface area contributed by atoms with Gasteiger partial charge < -0.3 is 4.57 Å². The van der Waals surface area contributed by atoms with Crippen LogP contribution in [0.3, 0.4) is 0 Å². The van der Waals surface area contributed by atoms with Crippen molar-refractivity contribution < 1.29 is 0 Å². The first-order valence-electron chi connectivity index (χ1n) is 3.95. The van der Waals surface area contributed by atoms with Gasteiger partial charge in [0.1, 0.15) is 0 Å². The van der Waals surface area contributed by atoms with E-state index in [2.05, 4.69) is 36.9 Å². The quantitative estimate of drug-likeness (QED) is 0.663. The first-order chi connectivity index (χ1) is 4.83. The molecule has 1 rings (SSSR count). The maximum Gasteiger partial charge on any atom is 0.0219 e. The summed E-state index contributed by atoms with van der Waals surface area (Å²) in [6.45, 7) is 5.52. The summed E-state index contributed by atoms with van der Waals surface area (Å²) < 4.78 is 2.25. The van der Waals surface area contributed by atoms with E-state index in [0.717, 1.165) is 0 Å². The van der Waals surface area contributed by atoms with Crippen molar-refractivity contribution in [3.63, 3.8) is 0 Å². The lowest BCUT2D eigenvalue weighted by Crippen LogP contribution is -1.92. The fourth-order valence-electron chi connectivity index (χ4n) is 1.04. The molecule has 11 heavy (non-hydrogen) atoms. The van der Waals surface area contributed by atoms with E-state index < -0.39 is 0 Å². The Kier molecular flexibility index (Phi) is 5.05. The Labute approximate surface area is 74.8 Å². The molecule has 0 bridgehead atoms. The van der Waals surface area contributed by atoms with E-state index in [1.54, 1.807) is 0 Å². The largest absolute Gasteiger partial charge is 0.354 e. The van der Waals surface area contributed by atoms with Gasteiger partial charge in [0.2, 0.25) is 0 Å². The van der Waals surface area contributed by atoms with Gasteiger partial charge in [0.05, 0.1) is 0 Å². The minimum atomic E-state index is 0. The number of aromatic nitrogens is 1. The van der Waals surface area contributed by atoms with Gasteiger partial charge in [-0.1, -0.05) is 13.3 Å². The van der Waals surface area contributed by atoms with Gasteiger partial charge in [0, 0.05) is 18.9 Å². The van der Waals surface area contributed by atoms with Crippen LogP contribution in [-0.2, 0) is 6.54 Å². The molecule has 0 aliphatic rings. The highest BCUT2D eigenvalue weighted by Crippen LogP contribution is 2.00. The third kappa shape index (κ3) is 3.47. The van der Waals surface area contributed by atoms with Crippen molar-refractivity contribution in [2.45, 2.75) is 33.2 Å². The van der Waals surface area contributed by atoms with Crippen molar-refractivity contribution in [3.05, 3.63) is 24.0 Å². The Morgan fingerprint density at radius 3 is 2.64 bits per heavy atom. The monoisotopic (exact) mass is 173 g/mol. The predicted octanol–water partition coefficient (Wildman–Crippen LogP) is 3.02. The van der Waals surface area contributed by atoms with Crippen molar-refractivity contribution in [3.8, 4) is 0 Å². The SMILES string of the molecule is CCCCn1ccc(C)c1.Cl. The third-order valence-corrected chi connectivity index (χ3v) is 1.67. The molecule has 1 nitrogen and oxygen atoms in total. The van der Waals surface area contributed by atoms with Gasteiger partial charge in [0.25, 0.3) is 0 Å². The van der Waals surface area contributed by atoms with Crippen LogP contribution in [0.2, 0.25) is 0 Å². The van der Waals surface area contributed by atoms with E-state index >= 15 is 0 Å². The first-order valence-corrected chi connectivity index (χ1v) is 3.95. The molecule has 0 saturated heterocycles. The molecule has 1 heterocycles. The van der Waals surface area contributed by atoms with Gasteiger partial charge in [-0.05, 0) is 25.0 Å². The second-order valence-electron chi connectivity index (χ2n) is 2.78. The summed E-state index contributed by atoms with van der Waals surface area (Å²) >= 11 is 0. The lowest BCUT2D eigenvalue weighted by atomic mass is 10.3. The summed E-state index contributed by atoms with van der Waals surface area (Å²) in [7, 11) is 0. The molecule has 64 valence electrons. The highest BCUT2D eigenvalue weighted by molar-refractivity contribution is 5.85. The van der Waals surface area contributed by atoms with Gasteiger partial charge >= 0.3 is 0 Å². The molecule has 2 heteroatoms. The molecular weight excluding hydrogens is 158 g/mol. The van der Waals surface area contributed by atoms with Crippen LogP contribution in [0.1, 0.15) is 25.3 Å². The van der Waals surface area contributed by atoms with Crippen LogP contribution in [0.15, 0.2) is 18.5 Å². The highest BCUT2D eigenvalue weighted by atomic mass is 35.5. The molecule has 0 spiro atoms. The maximum absolute atomic E-state index is 2.25. The number of rotatable bonds is 3. The Morgan fingerprint density at radius 1 is 1.45 bits per heavy atom. The average Bonchev–Trinajstić information content (AvgIpc) is 2.31. The van der Waals surface area contributed by atoms with Crippen LogP contribution in [0.4, 0.5) is 0 Å². The maximum atomic E-state index is 2.25. The number of hydrogen-bond donors (Lipinski definition) is 0. The van der Waals surface area contributed by atoms with E-state index in [0.29, 0.717) is 0 Å². The Hall–Kier alpha value is -0.430. The van der Waals surface area contributed by atoms with E-state index in [4.69, 9.17) is 0 Å². The molecule has 0 fully saturated rings. The van der Waals surface area contributed by atoms with Crippen molar-refractivity contribution in [1.82, 2.24) is 4.57 Å². The minimum Gasteiger partial charge on any atom is -0.354 e. The van der Waals surface area contributed by atoms with Crippen LogP contribution in [0.5, 0.6) is 0 Å². The molecule has 0 saturated carbocycles. The summed E-state index contributed by atoms with van der Waals surface area (Å²) in [6.07, 6.45) is 6.89. The van der Waals surface area contributed by atoms with Gasteiger partial charge in [-0.15, -0.1) is 12.4 Å². The first kappa shape index (κ1) is 10.6. The fourth-order valence-corrected chi connectivity index (χ4v) is 1.04. The molecule has 1 aromatic heterocycles. The van der Waals surface area contributed by atoms with Crippen molar-refractivity contribution >= 4 is 12.4 Å². The van der Waals surface area contributed by atoms with E-state index in [-0.39, 0.29) is 12.4 Å². The molecule has 1 aromatic rings. The molecule has 0 radical (unpaired) electrons. The predicted molar refractivity (Wildman–Crippen MR) is 51.3 cm³/mol. The molecule has 0 atom stereocenters. The molecule has 0 amide bonds. The zero-order valence-electron chi connectivity index (χ0n) is 7.21. The smallest absolute Gasteiger partial charge is 0.0219 e. The van der Waals surface area contributed by atoms with E-state index in [1.165, 1.54) is 24.9 Å². The molecular formula is C9H16ClN. The van der Waals surface area contributed by atoms with Gasteiger partial charge in [-0.2, -0.15) is 0 Å². The van der Waals surface area contributed by atoms with Gasteiger partial charge in [-0.25, -0.2) is 0 Å². The van der Waals surface area contributed by atoms with Gasteiger partial charge in [-0.3, -0.25) is 0 Å². The van der Waals surface area contributed by atoms with Crippen LogP contribution < -0.4 is 0 Å². The number of halogens is 1. The minimum absolute atomic E-state index is 0. The number of nitrogens with zero attached hydrogens (tertiary/aromatic N) is 1. The van der Waals surface area contributed by atoms with Crippen molar-refractivity contribution in [2.24, 2.45) is 0 Å². The molecule has 0 aliphatic carbocycles. The van der Waals surface area contributed by atoms with Crippen molar-refractivity contribution in [2.75, 3.05) is 0 Å². The second kappa shape index (κ2) is 5.25. The second-order valence-corrected chi connectivity index (χ2v) is 2.78. The number of unbranched alkanes of at least 4 members (excludes halogenated alkanes) is 1. The van der Waals surface area contributed by atoms with Gasteiger partial charge in [0.15, 0.2) is 0 Å². The molecule has 0 aromatic carbocycles. The lowest BCUT2D eigenvalue weighted by Gasteiger charge is -1.98.